The minimum Gasteiger partial charge on any atom is -0.481 e. The molecule has 0 atom stereocenters. The molecule has 20 heavy (non-hydrogen) atoms. The van der Waals surface area contributed by atoms with E-state index in [0.29, 0.717) is 38.8 Å². The monoisotopic (exact) mass is 281 g/mol. The summed E-state index contributed by atoms with van der Waals surface area (Å²) in [6, 6.07) is 0. The van der Waals surface area contributed by atoms with Crippen molar-refractivity contribution in [2.75, 3.05) is 6.54 Å². The number of aryl methyl sites for hydroxylation is 2. The third-order valence-electron chi connectivity index (χ3n) is 4.15. The molecular weight excluding hydrogens is 258 g/mol. The zero-order valence-electron chi connectivity index (χ0n) is 12.1. The van der Waals surface area contributed by atoms with Crippen LogP contribution < -0.4 is 5.32 Å². The number of nitrogens with one attached hydrogen (secondary N) is 1. The molecule has 1 aliphatic rings. The summed E-state index contributed by atoms with van der Waals surface area (Å²) >= 11 is 0. The molecule has 1 fully saturated rings. The summed E-state index contributed by atoms with van der Waals surface area (Å²) < 4.78 is 1.78. The average Bonchev–Trinajstić information content (AvgIpc) is 2.68. The largest absolute Gasteiger partial charge is 0.481 e. The number of carboxylic acid groups (broad SMARTS) is 1. The highest BCUT2D eigenvalue weighted by atomic mass is 16.4. The normalized spacial score (nSPS) is 26.6. The number of carbonyl (C=O) groups is 1. The third-order valence-corrected chi connectivity index (χ3v) is 4.15. The average molecular weight is 281 g/mol. The summed E-state index contributed by atoms with van der Waals surface area (Å²) in [5.41, 5.74) is 1.33. The fraction of sp³-hybridized carbons (Fsp3) is 0.714. The van der Waals surface area contributed by atoms with E-state index in [2.05, 4.69) is 10.4 Å². The van der Waals surface area contributed by atoms with Gasteiger partial charge in [-0.15, -0.1) is 0 Å². The van der Waals surface area contributed by atoms with Crippen LogP contribution in [0.25, 0.3) is 0 Å². The Morgan fingerprint density at radius 2 is 2.20 bits per heavy atom. The zero-order valence-corrected chi connectivity index (χ0v) is 12.1. The highest BCUT2D eigenvalue weighted by molar-refractivity contribution is 5.70. The molecule has 6 heteroatoms. The quantitative estimate of drug-likeness (QED) is 0.744. The second kappa shape index (κ2) is 5.93. The summed E-state index contributed by atoms with van der Waals surface area (Å²) in [7, 11) is 1.89. The molecule has 0 saturated heterocycles. The van der Waals surface area contributed by atoms with Crippen LogP contribution in [0.3, 0.4) is 0 Å². The molecule has 1 aromatic heterocycles. The number of nitrogens with zero attached hydrogens (tertiary/aromatic N) is 2. The number of aliphatic hydroxyl groups is 1. The van der Waals surface area contributed by atoms with Gasteiger partial charge in [0.25, 0.3) is 0 Å². The lowest BCUT2D eigenvalue weighted by Gasteiger charge is -2.34. The van der Waals surface area contributed by atoms with Gasteiger partial charge in [0.1, 0.15) is 0 Å². The van der Waals surface area contributed by atoms with E-state index in [4.69, 9.17) is 5.11 Å². The summed E-state index contributed by atoms with van der Waals surface area (Å²) in [5.74, 6) is -1.04. The van der Waals surface area contributed by atoms with Crippen LogP contribution in [0.5, 0.6) is 0 Å². The maximum absolute atomic E-state index is 10.9. The molecular formula is C14H23N3O3. The van der Waals surface area contributed by atoms with Gasteiger partial charge in [-0.3, -0.25) is 9.48 Å². The third kappa shape index (κ3) is 3.58. The van der Waals surface area contributed by atoms with E-state index in [1.54, 1.807) is 4.68 Å². The molecule has 0 unspecified atom stereocenters. The number of rotatable bonds is 5. The first-order valence-corrected chi connectivity index (χ1v) is 7.05. The zero-order chi connectivity index (χ0) is 14.8. The van der Waals surface area contributed by atoms with Crippen molar-refractivity contribution in [1.82, 2.24) is 15.1 Å². The Balaban J connectivity index is 1.79. The molecule has 3 N–H and O–H groups in total. The van der Waals surface area contributed by atoms with Gasteiger partial charge in [0.05, 0.1) is 17.2 Å². The number of hydrogen-bond donors (Lipinski definition) is 3. The highest BCUT2D eigenvalue weighted by Crippen LogP contribution is 2.31. The maximum atomic E-state index is 10.9. The molecule has 1 heterocycles. The minimum absolute atomic E-state index is 0.296. The Bertz CT molecular complexity index is 476. The van der Waals surface area contributed by atoms with Gasteiger partial charge in [-0.25, -0.2) is 0 Å². The molecule has 1 aliphatic carbocycles. The topological polar surface area (TPSA) is 87.4 Å². The van der Waals surface area contributed by atoms with Crippen molar-refractivity contribution in [3.8, 4) is 0 Å². The van der Waals surface area contributed by atoms with Crippen LogP contribution in [0, 0.1) is 12.8 Å². The van der Waals surface area contributed by atoms with Gasteiger partial charge in [-0.1, -0.05) is 0 Å². The molecule has 0 radical (unpaired) electrons. The van der Waals surface area contributed by atoms with Gasteiger partial charge >= 0.3 is 5.97 Å². The number of carboxylic acids is 1. The standard InChI is InChI=1S/C14H23N3O3/c1-10-12(8-17(2)16-10)7-15-9-14(20)5-3-11(4-6-14)13(18)19/h8,11,15,20H,3-7,9H2,1-2H3,(H,18,19). The molecule has 1 saturated carbocycles. The summed E-state index contributed by atoms with van der Waals surface area (Å²) in [6.07, 6.45) is 4.17. The predicted octanol–water partition coefficient (Wildman–Crippen LogP) is 0.824. The molecule has 0 aliphatic heterocycles. The number of aromatic nitrogens is 2. The summed E-state index contributed by atoms with van der Waals surface area (Å²) in [4.78, 5) is 10.9. The van der Waals surface area contributed by atoms with E-state index in [1.807, 2.05) is 20.2 Å². The van der Waals surface area contributed by atoms with Crippen molar-refractivity contribution in [2.45, 2.75) is 44.8 Å². The van der Waals surface area contributed by atoms with E-state index in [-0.39, 0.29) is 5.92 Å². The Morgan fingerprint density at radius 1 is 1.55 bits per heavy atom. The second-order valence-corrected chi connectivity index (χ2v) is 5.85. The molecule has 2 rings (SSSR count). The van der Waals surface area contributed by atoms with Crippen molar-refractivity contribution >= 4 is 5.97 Å². The Kier molecular flexibility index (Phi) is 4.45. The lowest BCUT2D eigenvalue weighted by atomic mass is 9.79. The Morgan fingerprint density at radius 3 is 2.70 bits per heavy atom. The van der Waals surface area contributed by atoms with E-state index < -0.39 is 11.6 Å². The molecule has 1 aromatic rings. The first-order chi connectivity index (χ1) is 9.39. The Hall–Kier alpha value is -1.40. The highest BCUT2D eigenvalue weighted by Gasteiger charge is 2.35. The van der Waals surface area contributed by atoms with E-state index >= 15 is 0 Å². The van der Waals surface area contributed by atoms with Crippen LogP contribution in [0.2, 0.25) is 0 Å². The summed E-state index contributed by atoms with van der Waals surface area (Å²) in [5, 5.41) is 26.9. The van der Waals surface area contributed by atoms with E-state index in [9.17, 15) is 9.90 Å². The SMILES string of the molecule is Cc1nn(C)cc1CNCC1(O)CCC(C(=O)O)CC1. The first kappa shape index (κ1) is 15.0. The number of aliphatic carboxylic acids is 1. The van der Waals surface area contributed by atoms with E-state index in [0.717, 1.165) is 11.3 Å². The van der Waals surface area contributed by atoms with Gasteiger partial charge in [0.15, 0.2) is 0 Å². The van der Waals surface area contributed by atoms with Gasteiger partial charge in [-0.05, 0) is 32.6 Å². The lowest BCUT2D eigenvalue weighted by Crippen LogP contribution is -2.44. The minimum atomic E-state index is -0.776. The van der Waals surface area contributed by atoms with E-state index in [1.165, 1.54) is 0 Å². The van der Waals surface area contributed by atoms with Crippen molar-refractivity contribution in [2.24, 2.45) is 13.0 Å². The second-order valence-electron chi connectivity index (χ2n) is 5.85. The van der Waals surface area contributed by atoms with Gasteiger partial charge < -0.3 is 15.5 Å². The Labute approximate surface area is 118 Å². The molecule has 0 aromatic carbocycles. The predicted molar refractivity (Wildman–Crippen MR) is 74.2 cm³/mol. The van der Waals surface area contributed by atoms with Crippen LogP contribution in [0.4, 0.5) is 0 Å². The molecule has 6 nitrogen and oxygen atoms in total. The van der Waals surface area contributed by atoms with Gasteiger partial charge in [0, 0.05) is 31.9 Å². The van der Waals surface area contributed by atoms with Crippen LogP contribution in [-0.4, -0.2) is 38.1 Å². The fourth-order valence-corrected chi connectivity index (χ4v) is 2.83. The van der Waals surface area contributed by atoms with Crippen molar-refractivity contribution in [3.05, 3.63) is 17.5 Å². The molecule has 0 spiro atoms. The maximum Gasteiger partial charge on any atom is 0.306 e. The van der Waals surface area contributed by atoms with Crippen LogP contribution in [0.15, 0.2) is 6.20 Å². The smallest absolute Gasteiger partial charge is 0.306 e. The summed E-state index contributed by atoms with van der Waals surface area (Å²) in [6.45, 7) is 3.13. The number of hydrogen-bond acceptors (Lipinski definition) is 4. The van der Waals surface area contributed by atoms with Crippen molar-refractivity contribution in [3.63, 3.8) is 0 Å². The van der Waals surface area contributed by atoms with Crippen LogP contribution in [0.1, 0.15) is 36.9 Å². The fourth-order valence-electron chi connectivity index (χ4n) is 2.83. The van der Waals surface area contributed by atoms with Crippen LogP contribution >= 0.6 is 0 Å². The first-order valence-electron chi connectivity index (χ1n) is 7.05. The van der Waals surface area contributed by atoms with Crippen molar-refractivity contribution < 1.29 is 15.0 Å². The molecule has 0 bridgehead atoms. The lowest BCUT2D eigenvalue weighted by molar-refractivity contribution is -0.144. The van der Waals surface area contributed by atoms with Crippen molar-refractivity contribution in [1.29, 1.82) is 0 Å². The van der Waals surface area contributed by atoms with Gasteiger partial charge in [-0.2, -0.15) is 5.10 Å². The molecule has 0 amide bonds. The van der Waals surface area contributed by atoms with Crippen LogP contribution in [-0.2, 0) is 18.4 Å². The molecule has 112 valence electrons. The van der Waals surface area contributed by atoms with Gasteiger partial charge in [0.2, 0.25) is 0 Å².